The van der Waals surface area contributed by atoms with E-state index in [2.05, 4.69) is 26.5 Å². The Morgan fingerprint density at radius 3 is 2.41 bits per heavy atom. The maximum absolute atomic E-state index is 12.4. The summed E-state index contributed by atoms with van der Waals surface area (Å²) in [5.74, 6) is 1.51. The fourth-order valence-electron chi connectivity index (χ4n) is 3.01. The van der Waals surface area contributed by atoms with Crippen LogP contribution in [0.1, 0.15) is 28.4 Å². The molecule has 1 N–H and O–H groups in total. The van der Waals surface area contributed by atoms with Gasteiger partial charge in [0.15, 0.2) is 23.0 Å². The quantitative estimate of drug-likeness (QED) is 0.254. The minimum atomic E-state index is -0.400. The molecule has 0 spiro atoms. The molecule has 0 unspecified atom stereocenters. The summed E-state index contributed by atoms with van der Waals surface area (Å²) in [5, 5.41) is 4.40. The van der Waals surface area contributed by atoms with Crippen molar-refractivity contribution >= 4 is 39.7 Å². The van der Waals surface area contributed by atoms with Crippen LogP contribution in [0.5, 0.6) is 23.0 Å². The fraction of sp³-hybridized carbons (Fsp3) is 0.200. The lowest BCUT2D eigenvalue weighted by Gasteiger charge is -2.14. The second kappa shape index (κ2) is 12.3. The second-order valence-corrected chi connectivity index (χ2v) is 8.27. The van der Waals surface area contributed by atoms with Gasteiger partial charge in [-0.05, 0) is 60.5 Å². The first-order valence-corrected chi connectivity index (χ1v) is 11.5. The van der Waals surface area contributed by atoms with Crippen LogP contribution in [0.25, 0.3) is 0 Å². The van der Waals surface area contributed by atoms with Crippen molar-refractivity contribution in [2.45, 2.75) is 13.5 Å². The van der Waals surface area contributed by atoms with Crippen LogP contribution < -0.4 is 24.4 Å². The third-order valence-corrected chi connectivity index (χ3v) is 5.46. The van der Waals surface area contributed by atoms with E-state index in [4.69, 9.17) is 30.5 Å². The molecular weight excluding hydrogens is 524 g/mol. The van der Waals surface area contributed by atoms with Crippen molar-refractivity contribution in [1.82, 2.24) is 5.43 Å². The molecule has 7 nitrogen and oxygen atoms in total. The summed E-state index contributed by atoms with van der Waals surface area (Å²) in [6.45, 7) is 2.64. The zero-order valence-electron chi connectivity index (χ0n) is 18.9. The molecule has 0 aromatic heterocycles. The molecule has 0 aliphatic carbocycles. The number of methoxy groups -OCH3 is 2. The van der Waals surface area contributed by atoms with Gasteiger partial charge >= 0.3 is 0 Å². The van der Waals surface area contributed by atoms with Gasteiger partial charge < -0.3 is 18.9 Å². The topological polar surface area (TPSA) is 78.4 Å². The van der Waals surface area contributed by atoms with E-state index in [1.807, 2.05) is 31.2 Å². The van der Waals surface area contributed by atoms with Crippen molar-refractivity contribution in [3.63, 3.8) is 0 Å². The first-order chi connectivity index (χ1) is 16.4. The number of amides is 1. The van der Waals surface area contributed by atoms with Crippen LogP contribution in [0.15, 0.2) is 64.2 Å². The summed E-state index contributed by atoms with van der Waals surface area (Å²) < 4.78 is 23.1. The predicted octanol–water partition coefficient (Wildman–Crippen LogP) is 5.86. The van der Waals surface area contributed by atoms with Crippen LogP contribution in [0.3, 0.4) is 0 Å². The van der Waals surface area contributed by atoms with Crippen molar-refractivity contribution < 1.29 is 23.7 Å². The number of hydrogen-bond acceptors (Lipinski definition) is 6. The molecule has 1 amide bonds. The normalized spacial score (nSPS) is 10.7. The first-order valence-electron chi connectivity index (χ1n) is 10.3. The van der Waals surface area contributed by atoms with E-state index in [9.17, 15) is 4.79 Å². The number of hydrogen-bond donors (Lipinski definition) is 1. The van der Waals surface area contributed by atoms with E-state index in [-0.39, 0.29) is 0 Å². The molecule has 0 bridgehead atoms. The lowest BCUT2D eigenvalue weighted by molar-refractivity contribution is 0.0954. The van der Waals surface area contributed by atoms with Crippen molar-refractivity contribution in [3.05, 3.63) is 80.8 Å². The maximum atomic E-state index is 12.4. The van der Waals surface area contributed by atoms with E-state index in [1.165, 1.54) is 20.4 Å². The number of carbonyl (C=O) groups is 1. The number of halogens is 2. The van der Waals surface area contributed by atoms with Gasteiger partial charge in [-0.15, -0.1) is 0 Å². The number of nitrogens with one attached hydrogen (secondary N) is 1. The molecule has 0 saturated heterocycles. The predicted molar refractivity (Wildman–Crippen MR) is 136 cm³/mol. The molecule has 178 valence electrons. The molecule has 0 aliphatic heterocycles. The Kier molecular flexibility index (Phi) is 9.18. The molecule has 0 heterocycles. The third-order valence-electron chi connectivity index (χ3n) is 4.65. The largest absolute Gasteiger partial charge is 0.493 e. The van der Waals surface area contributed by atoms with Gasteiger partial charge in [-0.1, -0.05) is 39.7 Å². The van der Waals surface area contributed by atoms with Gasteiger partial charge in [0.05, 0.1) is 32.1 Å². The number of carbonyl (C=O) groups excluding carboxylic acids is 1. The number of ether oxygens (including phenoxy) is 4. The minimum Gasteiger partial charge on any atom is -0.493 e. The van der Waals surface area contributed by atoms with Gasteiger partial charge in [-0.2, -0.15) is 5.10 Å². The molecule has 0 aliphatic rings. The van der Waals surface area contributed by atoms with Crippen LogP contribution in [0.2, 0.25) is 5.02 Å². The highest BCUT2D eigenvalue weighted by Gasteiger charge is 2.13. The van der Waals surface area contributed by atoms with Gasteiger partial charge in [0.25, 0.3) is 5.91 Å². The Morgan fingerprint density at radius 2 is 1.74 bits per heavy atom. The molecular formula is C25H24BrClN2O5. The summed E-state index contributed by atoms with van der Waals surface area (Å²) >= 11 is 9.89. The second-order valence-electron chi connectivity index (χ2n) is 6.95. The molecule has 0 radical (unpaired) electrons. The van der Waals surface area contributed by atoms with Gasteiger partial charge in [0, 0.05) is 10.0 Å². The molecule has 3 aromatic rings. The van der Waals surface area contributed by atoms with Crippen molar-refractivity contribution in [1.29, 1.82) is 0 Å². The number of nitrogens with zero attached hydrogens (tertiary/aromatic N) is 1. The Balaban J connectivity index is 1.71. The average Bonchev–Trinajstić information content (AvgIpc) is 2.84. The molecule has 0 fully saturated rings. The first kappa shape index (κ1) is 25.4. The Labute approximate surface area is 211 Å². The SMILES string of the molecule is CCOc1cc(/C=N/NC(=O)c2ccc(OC)c(OC)c2)cc(Cl)c1OCc1ccc(Br)cc1. The van der Waals surface area contributed by atoms with E-state index in [1.54, 1.807) is 30.3 Å². The zero-order valence-corrected chi connectivity index (χ0v) is 21.3. The standard InChI is InChI=1S/C25H24BrClN2O5/c1-4-33-23-12-17(11-20(27)24(23)34-15-16-5-8-19(26)9-6-16)14-28-29-25(30)18-7-10-21(31-2)22(13-18)32-3/h5-14H,4,15H2,1-3H3,(H,29,30)/b28-14+. The monoisotopic (exact) mass is 546 g/mol. The number of hydrazone groups is 1. The molecule has 3 aromatic carbocycles. The summed E-state index contributed by atoms with van der Waals surface area (Å²) in [7, 11) is 3.03. The lowest BCUT2D eigenvalue weighted by Crippen LogP contribution is -2.17. The highest BCUT2D eigenvalue weighted by molar-refractivity contribution is 9.10. The van der Waals surface area contributed by atoms with Crippen molar-refractivity contribution in [3.8, 4) is 23.0 Å². The molecule has 34 heavy (non-hydrogen) atoms. The van der Waals surface area contributed by atoms with Crippen molar-refractivity contribution in [2.75, 3.05) is 20.8 Å². The Bertz CT molecular complexity index is 1170. The van der Waals surface area contributed by atoms with Gasteiger partial charge in [-0.3, -0.25) is 4.79 Å². The van der Waals surface area contributed by atoms with Crippen LogP contribution >= 0.6 is 27.5 Å². The highest BCUT2D eigenvalue weighted by Crippen LogP contribution is 2.37. The average molecular weight is 548 g/mol. The van der Waals surface area contributed by atoms with E-state index >= 15 is 0 Å². The summed E-state index contributed by atoms with van der Waals surface area (Å²) in [6, 6.07) is 16.1. The van der Waals surface area contributed by atoms with E-state index in [0.717, 1.165) is 10.0 Å². The molecule has 3 rings (SSSR count). The maximum Gasteiger partial charge on any atom is 0.271 e. The smallest absolute Gasteiger partial charge is 0.271 e. The van der Waals surface area contributed by atoms with Crippen LogP contribution in [-0.4, -0.2) is 32.9 Å². The van der Waals surface area contributed by atoms with Gasteiger partial charge in [0.2, 0.25) is 0 Å². The summed E-state index contributed by atoms with van der Waals surface area (Å²) in [4.78, 5) is 12.4. The van der Waals surface area contributed by atoms with Crippen LogP contribution in [0.4, 0.5) is 0 Å². The van der Waals surface area contributed by atoms with Crippen molar-refractivity contribution in [2.24, 2.45) is 5.10 Å². The number of rotatable bonds is 10. The minimum absolute atomic E-state index is 0.335. The summed E-state index contributed by atoms with van der Waals surface area (Å²) in [6.07, 6.45) is 1.48. The lowest BCUT2D eigenvalue weighted by atomic mass is 10.2. The molecule has 0 saturated carbocycles. The zero-order chi connectivity index (χ0) is 24.5. The Morgan fingerprint density at radius 1 is 1.00 bits per heavy atom. The van der Waals surface area contributed by atoms with E-state index in [0.29, 0.717) is 52.4 Å². The summed E-state index contributed by atoms with van der Waals surface area (Å²) in [5.41, 5.74) is 4.49. The van der Waals surface area contributed by atoms with Crippen LogP contribution in [0, 0.1) is 0 Å². The van der Waals surface area contributed by atoms with Gasteiger partial charge in [0.1, 0.15) is 6.61 Å². The Hall–Kier alpha value is -3.23. The number of benzene rings is 3. The molecule has 0 atom stereocenters. The van der Waals surface area contributed by atoms with Crippen LogP contribution in [-0.2, 0) is 6.61 Å². The van der Waals surface area contributed by atoms with E-state index < -0.39 is 5.91 Å². The molecule has 9 heteroatoms. The highest BCUT2D eigenvalue weighted by atomic mass is 79.9. The third kappa shape index (κ3) is 6.65. The van der Waals surface area contributed by atoms with Gasteiger partial charge in [-0.25, -0.2) is 5.43 Å². The fourth-order valence-corrected chi connectivity index (χ4v) is 3.55.